The summed E-state index contributed by atoms with van der Waals surface area (Å²) in [6.07, 6.45) is 3.07. The number of hydrogen-bond acceptors (Lipinski definition) is 2. The predicted molar refractivity (Wildman–Crippen MR) is 53.7 cm³/mol. The fourth-order valence-corrected chi connectivity index (χ4v) is 3.13. The highest BCUT2D eigenvalue weighted by atomic mass is 16.5. The summed E-state index contributed by atoms with van der Waals surface area (Å²) in [5, 5.41) is 0. The van der Waals surface area contributed by atoms with Gasteiger partial charge in [-0.05, 0) is 6.92 Å². The van der Waals surface area contributed by atoms with Gasteiger partial charge in [0.15, 0.2) is 0 Å². The van der Waals surface area contributed by atoms with Gasteiger partial charge in [-0.3, -0.25) is 4.79 Å². The molecule has 0 spiro atoms. The number of piperidine rings is 1. The maximum Gasteiger partial charge on any atom is 0.306 e. The van der Waals surface area contributed by atoms with Crippen LogP contribution in [0.15, 0.2) is 0 Å². The van der Waals surface area contributed by atoms with Crippen LogP contribution in [0.2, 0.25) is 0 Å². The molecule has 0 amide bonds. The second-order valence-corrected chi connectivity index (χ2v) is 5.21. The molecule has 2 saturated heterocycles. The molecule has 2 fully saturated rings. The average molecular weight is 198 g/mol. The summed E-state index contributed by atoms with van der Waals surface area (Å²) in [6.45, 7) is 6.07. The third-order valence-corrected chi connectivity index (χ3v) is 3.91. The molecule has 3 nitrogen and oxygen atoms in total. The Morgan fingerprint density at radius 2 is 2.07 bits per heavy atom. The molecule has 3 heteroatoms. The lowest BCUT2D eigenvalue weighted by Gasteiger charge is -2.25. The maximum absolute atomic E-state index is 11.5. The zero-order valence-electron chi connectivity index (χ0n) is 9.21. The summed E-state index contributed by atoms with van der Waals surface area (Å²) in [5.74, 6) is 0.00264. The van der Waals surface area contributed by atoms with Crippen LogP contribution < -0.4 is 0 Å². The number of ether oxygens (including phenoxy) is 1. The molecule has 0 aromatic carbocycles. The van der Waals surface area contributed by atoms with Crippen molar-refractivity contribution in [2.75, 3.05) is 33.3 Å². The second kappa shape index (κ2) is 3.23. The van der Waals surface area contributed by atoms with Crippen molar-refractivity contribution < 1.29 is 14.0 Å². The van der Waals surface area contributed by atoms with Crippen molar-refractivity contribution in [3.05, 3.63) is 0 Å². The molecule has 2 bridgehead atoms. The predicted octanol–water partition coefficient (Wildman–Crippen LogP) is 1.18. The van der Waals surface area contributed by atoms with Crippen molar-refractivity contribution in [2.45, 2.75) is 26.2 Å². The number of hydrogen-bond donors (Lipinski definition) is 0. The molecule has 2 aliphatic rings. The molecule has 0 aromatic rings. The van der Waals surface area contributed by atoms with Gasteiger partial charge < -0.3 is 9.22 Å². The summed E-state index contributed by atoms with van der Waals surface area (Å²) < 4.78 is 6.22. The summed E-state index contributed by atoms with van der Waals surface area (Å²) in [4.78, 5) is 11.5. The Bertz CT molecular complexity index is 242. The molecule has 14 heavy (non-hydrogen) atoms. The van der Waals surface area contributed by atoms with Crippen molar-refractivity contribution in [1.82, 2.24) is 0 Å². The van der Waals surface area contributed by atoms with Crippen LogP contribution in [0.25, 0.3) is 0 Å². The lowest BCUT2D eigenvalue weighted by atomic mass is 9.81. The number of quaternary nitrogens is 1. The van der Waals surface area contributed by atoms with E-state index in [2.05, 4.69) is 7.05 Å². The molecule has 0 saturated carbocycles. The Kier molecular flexibility index (Phi) is 2.30. The van der Waals surface area contributed by atoms with Gasteiger partial charge in [-0.1, -0.05) is 0 Å². The number of rotatable bonds is 3. The molecule has 0 aliphatic carbocycles. The van der Waals surface area contributed by atoms with Gasteiger partial charge in [0.25, 0.3) is 0 Å². The topological polar surface area (TPSA) is 26.3 Å². The van der Waals surface area contributed by atoms with Gasteiger partial charge >= 0.3 is 5.97 Å². The van der Waals surface area contributed by atoms with Crippen molar-refractivity contribution in [3.8, 4) is 0 Å². The standard InChI is InChI=1S/C11H20NO2/c1-3-14-10(13)8-11-4-6-12(2,9-11)7-5-11/h3-9H2,1-2H3/q+1. The summed E-state index contributed by atoms with van der Waals surface area (Å²) >= 11 is 0. The minimum atomic E-state index is 0.00264. The van der Waals surface area contributed by atoms with Gasteiger partial charge in [0, 0.05) is 18.3 Å². The quantitative estimate of drug-likeness (QED) is 0.503. The van der Waals surface area contributed by atoms with E-state index in [4.69, 9.17) is 4.74 Å². The highest BCUT2D eigenvalue weighted by molar-refractivity contribution is 5.70. The van der Waals surface area contributed by atoms with Gasteiger partial charge in [-0.2, -0.15) is 0 Å². The number of esters is 1. The van der Waals surface area contributed by atoms with Crippen molar-refractivity contribution in [2.24, 2.45) is 5.41 Å². The molecule has 2 aliphatic heterocycles. The van der Waals surface area contributed by atoms with Gasteiger partial charge in [0.2, 0.25) is 0 Å². The van der Waals surface area contributed by atoms with Crippen molar-refractivity contribution in [3.63, 3.8) is 0 Å². The smallest absolute Gasteiger partial charge is 0.306 e. The summed E-state index contributed by atoms with van der Waals surface area (Å²) in [6, 6.07) is 0. The Labute approximate surface area is 85.6 Å². The molecule has 2 rings (SSSR count). The number of carbonyl (C=O) groups excluding carboxylic acids is 1. The summed E-state index contributed by atoms with van der Waals surface area (Å²) in [5.41, 5.74) is 0.293. The zero-order valence-corrected chi connectivity index (χ0v) is 9.21. The lowest BCUT2D eigenvalue weighted by Crippen LogP contribution is -2.38. The van der Waals surface area contributed by atoms with E-state index in [0.29, 0.717) is 18.4 Å². The van der Waals surface area contributed by atoms with Gasteiger partial charge in [0.1, 0.15) is 0 Å². The number of nitrogens with zero attached hydrogens (tertiary/aromatic N) is 1. The zero-order chi connectivity index (χ0) is 10.2. The van der Waals surface area contributed by atoms with Crippen LogP contribution in [0, 0.1) is 5.41 Å². The highest BCUT2D eigenvalue weighted by Gasteiger charge is 2.54. The Hall–Kier alpha value is -0.570. The Balaban J connectivity index is 1.95. The van der Waals surface area contributed by atoms with Crippen LogP contribution in [0.3, 0.4) is 0 Å². The Morgan fingerprint density at radius 1 is 1.43 bits per heavy atom. The van der Waals surface area contributed by atoms with Crippen LogP contribution in [-0.2, 0) is 9.53 Å². The van der Waals surface area contributed by atoms with E-state index in [1.54, 1.807) is 0 Å². The fraction of sp³-hybridized carbons (Fsp3) is 0.909. The number of carbonyl (C=O) groups is 1. The van der Waals surface area contributed by atoms with Crippen LogP contribution in [0.5, 0.6) is 0 Å². The van der Waals surface area contributed by atoms with Crippen molar-refractivity contribution in [1.29, 1.82) is 0 Å². The van der Waals surface area contributed by atoms with E-state index in [9.17, 15) is 4.79 Å². The average Bonchev–Trinajstić information content (AvgIpc) is 2.58. The van der Waals surface area contributed by atoms with Crippen molar-refractivity contribution >= 4 is 5.97 Å². The first kappa shape index (κ1) is 9.97. The van der Waals surface area contributed by atoms with E-state index >= 15 is 0 Å². The Morgan fingerprint density at radius 3 is 2.50 bits per heavy atom. The minimum Gasteiger partial charge on any atom is -0.466 e. The SMILES string of the molecule is CCOC(=O)CC12CC[N+](C)(CC1)C2. The molecule has 0 unspecified atom stereocenters. The molecular weight excluding hydrogens is 178 g/mol. The molecular formula is C11H20NO2+. The highest BCUT2D eigenvalue weighted by Crippen LogP contribution is 2.47. The van der Waals surface area contributed by atoms with E-state index in [1.165, 1.54) is 37.0 Å². The van der Waals surface area contributed by atoms with Crippen LogP contribution >= 0.6 is 0 Å². The third kappa shape index (κ3) is 1.65. The largest absolute Gasteiger partial charge is 0.466 e. The molecule has 0 aromatic heterocycles. The first-order valence-electron chi connectivity index (χ1n) is 5.57. The van der Waals surface area contributed by atoms with Crippen LogP contribution in [-0.4, -0.2) is 43.7 Å². The number of fused-ring (bicyclic) bond motifs is 2. The third-order valence-electron chi connectivity index (χ3n) is 3.91. The first-order valence-corrected chi connectivity index (χ1v) is 5.57. The molecule has 0 radical (unpaired) electrons. The molecule has 80 valence electrons. The van der Waals surface area contributed by atoms with Gasteiger partial charge in [-0.15, -0.1) is 0 Å². The molecule has 2 heterocycles. The summed E-state index contributed by atoms with van der Waals surface area (Å²) in [7, 11) is 2.31. The first-order chi connectivity index (χ1) is 6.58. The van der Waals surface area contributed by atoms with Crippen LogP contribution in [0.1, 0.15) is 26.2 Å². The lowest BCUT2D eigenvalue weighted by molar-refractivity contribution is -0.890. The minimum absolute atomic E-state index is 0.00264. The van der Waals surface area contributed by atoms with Gasteiger partial charge in [-0.25, -0.2) is 0 Å². The monoisotopic (exact) mass is 198 g/mol. The van der Waals surface area contributed by atoms with E-state index in [0.717, 1.165) is 0 Å². The van der Waals surface area contributed by atoms with E-state index < -0.39 is 0 Å². The maximum atomic E-state index is 11.5. The second-order valence-electron chi connectivity index (χ2n) is 5.21. The van der Waals surface area contributed by atoms with Crippen LogP contribution in [0.4, 0.5) is 0 Å². The molecule has 0 N–H and O–H groups in total. The molecule has 0 atom stereocenters. The normalized spacial score (nSPS) is 40.1. The van der Waals surface area contributed by atoms with Gasteiger partial charge in [0.05, 0.1) is 39.7 Å². The fourth-order valence-electron chi connectivity index (χ4n) is 3.13. The van der Waals surface area contributed by atoms with E-state index in [1.807, 2.05) is 6.92 Å². The van der Waals surface area contributed by atoms with E-state index in [-0.39, 0.29) is 5.97 Å².